The zero-order valence-corrected chi connectivity index (χ0v) is 9.90. The van der Waals surface area contributed by atoms with E-state index in [0.29, 0.717) is 5.56 Å². The zero-order valence-electron chi connectivity index (χ0n) is 9.90. The number of aromatic carboxylic acids is 1. The van der Waals surface area contributed by atoms with Crippen molar-refractivity contribution in [2.75, 3.05) is 13.2 Å². The van der Waals surface area contributed by atoms with E-state index < -0.39 is 5.97 Å². The minimum Gasteiger partial charge on any atom is -0.478 e. The first-order valence-corrected chi connectivity index (χ1v) is 5.74. The van der Waals surface area contributed by atoms with Crippen molar-refractivity contribution in [2.24, 2.45) is 0 Å². The molecule has 1 fully saturated rings. The summed E-state index contributed by atoms with van der Waals surface area (Å²) >= 11 is 0. The first-order chi connectivity index (χ1) is 8.09. The van der Waals surface area contributed by atoms with E-state index in [0.717, 1.165) is 31.7 Å². The summed E-state index contributed by atoms with van der Waals surface area (Å²) in [5.41, 5.74) is 1.46. The van der Waals surface area contributed by atoms with Crippen molar-refractivity contribution in [1.29, 1.82) is 0 Å². The second kappa shape index (κ2) is 4.85. The van der Waals surface area contributed by atoms with Crippen molar-refractivity contribution in [3.8, 4) is 0 Å². The lowest BCUT2D eigenvalue weighted by Crippen LogP contribution is -2.42. The molecule has 4 nitrogen and oxygen atoms in total. The number of benzene rings is 1. The molecule has 1 atom stereocenters. The Morgan fingerprint density at radius 3 is 2.71 bits per heavy atom. The molecule has 2 rings (SSSR count). The lowest BCUT2D eigenvalue weighted by molar-refractivity contribution is 0.0697. The van der Waals surface area contributed by atoms with Crippen LogP contribution in [0.2, 0.25) is 0 Å². The summed E-state index contributed by atoms with van der Waals surface area (Å²) in [4.78, 5) is 10.7. The molecule has 2 N–H and O–H groups in total. The van der Waals surface area contributed by atoms with Crippen LogP contribution in [0.5, 0.6) is 0 Å². The molecule has 1 aromatic carbocycles. The van der Waals surface area contributed by atoms with Crippen LogP contribution in [0.3, 0.4) is 0 Å². The second-order valence-corrected chi connectivity index (χ2v) is 4.72. The summed E-state index contributed by atoms with van der Waals surface area (Å²) in [5.74, 6) is -0.888. The first-order valence-electron chi connectivity index (χ1n) is 5.74. The van der Waals surface area contributed by atoms with E-state index in [1.54, 1.807) is 12.1 Å². The highest BCUT2D eigenvalue weighted by molar-refractivity contribution is 5.87. The van der Waals surface area contributed by atoms with E-state index in [4.69, 9.17) is 9.84 Å². The molecular weight excluding hydrogens is 218 g/mol. The average molecular weight is 235 g/mol. The molecular formula is C13H17NO3. The largest absolute Gasteiger partial charge is 0.478 e. The van der Waals surface area contributed by atoms with Crippen LogP contribution in [-0.2, 0) is 11.3 Å². The Kier molecular flexibility index (Phi) is 3.45. The third-order valence-electron chi connectivity index (χ3n) is 3.14. The van der Waals surface area contributed by atoms with Gasteiger partial charge in [-0.1, -0.05) is 12.1 Å². The van der Waals surface area contributed by atoms with Crippen molar-refractivity contribution in [2.45, 2.75) is 25.4 Å². The predicted molar refractivity (Wildman–Crippen MR) is 64.1 cm³/mol. The Hall–Kier alpha value is -1.39. The summed E-state index contributed by atoms with van der Waals surface area (Å²) in [6.07, 6.45) is 1.01. The van der Waals surface area contributed by atoms with Crippen LogP contribution in [0.25, 0.3) is 0 Å². The number of hydrogen-bond donors (Lipinski definition) is 2. The Morgan fingerprint density at radius 1 is 1.47 bits per heavy atom. The normalized spacial score (nSPS) is 23.8. The van der Waals surface area contributed by atoms with Gasteiger partial charge in [0, 0.05) is 18.7 Å². The maximum atomic E-state index is 10.7. The molecule has 4 heteroatoms. The number of rotatable bonds is 4. The second-order valence-electron chi connectivity index (χ2n) is 4.72. The van der Waals surface area contributed by atoms with Crippen molar-refractivity contribution in [3.63, 3.8) is 0 Å². The molecule has 1 saturated heterocycles. The van der Waals surface area contributed by atoms with Crippen molar-refractivity contribution < 1.29 is 14.6 Å². The number of carboxylic acid groups (broad SMARTS) is 1. The van der Waals surface area contributed by atoms with Gasteiger partial charge in [0.25, 0.3) is 0 Å². The van der Waals surface area contributed by atoms with Gasteiger partial charge in [-0.05, 0) is 31.0 Å². The van der Waals surface area contributed by atoms with Gasteiger partial charge in [0.1, 0.15) is 0 Å². The summed E-state index contributed by atoms with van der Waals surface area (Å²) in [6, 6.07) is 6.95. The van der Waals surface area contributed by atoms with Crippen LogP contribution in [0.1, 0.15) is 29.3 Å². The van der Waals surface area contributed by atoms with Crippen LogP contribution >= 0.6 is 0 Å². The molecule has 1 unspecified atom stereocenters. The standard InChI is InChI=1S/C13H17NO3/c1-13(6-7-17-9-13)14-8-10-2-4-11(5-3-10)12(15)16/h2-5,14H,6-9H2,1H3,(H,15,16). The Morgan fingerprint density at radius 2 is 2.18 bits per heavy atom. The maximum Gasteiger partial charge on any atom is 0.335 e. The highest BCUT2D eigenvalue weighted by Crippen LogP contribution is 2.18. The monoisotopic (exact) mass is 235 g/mol. The Labute approximate surface area is 101 Å². The lowest BCUT2D eigenvalue weighted by atomic mass is 10.0. The molecule has 0 bridgehead atoms. The Bertz CT molecular complexity index is 394. The summed E-state index contributed by atoms with van der Waals surface area (Å²) in [5, 5.41) is 12.2. The topological polar surface area (TPSA) is 58.6 Å². The van der Waals surface area contributed by atoms with Crippen molar-refractivity contribution in [1.82, 2.24) is 5.32 Å². The van der Waals surface area contributed by atoms with Gasteiger partial charge < -0.3 is 15.2 Å². The van der Waals surface area contributed by atoms with Crippen LogP contribution in [0.4, 0.5) is 0 Å². The number of hydrogen-bond acceptors (Lipinski definition) is 3. The van der Waals surface area contributed by atoms with E-state index in [1.165, 1.54) is 0 Å². The van der Waals surface area contributed by atoms with Gasteiger partial charge >= 0.3 is 5.97 Å². The number of nitrogens with one attached hydrogen (secondary N) is 1. The molecule has 92 valence electrons. The van der Waals surface area contributed by atoms with Crippen LogP contribution in [0.15, 0.2) is 24.3 Å². The van der Waals surface area contributed by atoms with Gasteiger partial charge in [0.15, 0.2) is 0 Å². The molecule has 1 aromatic rings. The first kappa shape index (κ1) is 12.1. The number of carbonyl (C=O) groups is 1. The molecule has 1 aliphatic rings. The summed E-state index contributed by atoms with van der Waals surface area (Å²) in [6.45, 7) is 4.42. The van der Waals surface area contributed by atoms with Gasteiger partial charge in [0.05, 0.1) is 12.2 Å². The minimum atomic E-state index is -0.888. The Balaban J connectivity index is 1.93. The van der Waals surface area contributed by atoms with Crippen LogP contribution in [0, 0.1) is 0 Å². The molecule has 0 saturated carbocycles. The minimum absolute atomic E-state index is 0.0471. The summed E-state index contributed by atoms with van der Waals surface area (Å²) < 4.78 is 5.36. The SMILES string of the molecule is CC1(NCc2ccc(C(=O)O)cc2)CCOC1. The van der Waals surface area contributed by atoms with E-state index >= 15 is 0 Å². The van der Waals surface area contributed by atoms with E-state index in [-0.39, 0.29) is 5.54 Å². The zero-order chi connectivity index (χ0) is 12.3. The van der Waals surface area contributed by atoms with Gasteiger partial charge in [-0.15, -0.1) is 0 Å². The molecule has 17 heavy (non-hydrogen) atoms. The van der Waals surface area contributed by atoms with Crippen LogP contribution < -0.4 is 5.32 Å². The number of ether oxygens (including phenoxy) is 1. The van der Waals surface area contributed by atoms with E-state index in [9.17, 15) is 4.79 Å². The quantitative estimate of drug-likeness (QED) is 0.833. The smallest absolute Gasteiger partial charge is 0.335 e. The van der Waals surface area contributed by atoms with Gasteiger partial charge in [-0.2, -0.15) is 0 Å². The van der Waals surface area contributed by atoms with Crippen molar-refractivity contribution >= 4 is 5.97 Å². The molecule has 0 amide bonds. The fourth-order valence-electron chi connectivity index (χ4n) is 1.89. The molecule has 0 spiro atoms. The molecule has 1 aliphatic heterocycles. The van der Waals surface area contributed by atoms with Gasteiger partial charge in [-0.25, -0.2) is 4.79 Å². The average Bonchev–Trinajstić information content (AvgIpc) is 2.75. The molecule has 0 aromatic heterocycles. The fourth-order valence-corrected chi connectivity index (χ4v) is 1.89. The molecule has 0 aliphatic carbocycles. The third kappa shape index (κ3) is 3.05. The van der Waals surface area contributed by atoms with E-state index in [2.05, 4.69) is 12.2 Å². The maximum absolute atomic E-state index is 10.7. The number of carboxylic acids is 1. The highest BCUT2D eigenvalue weighted by atomic mass is 16.5. The fraction of sp³-hybridized carbons (Fsp3) is 0.462. The lowest BCUT2D eigenvalue weighted by Gasteiger charge is -2.23. The van der Waals surface area contributed by atoms with E-state index in [1.807, 2.05) is 12.1 Å². The van der Waals surface area contributed by atoms with Crippen LogP contribution in [-0.4, -0.2) is 29.8 Å². The third-order valence-corrected chi connectivity index (χ3v) is 3.14. The summed E-state index contributed by atoms with van der Waals surface area (Å²) in [7, 11) is 0. The van der Waals surface area contributed by atoms with Gasteiger partial charge in [0.2, 0.25) is 0 Å². The van der Waals surface area contributed by atoms with Crippen molar-refractivity contribution in [3.05, 3.63) is 35.4 Å². The molecule has 1 heterocycles. The predicted octanol–water partition coefficient (Wildman–Crippen LogP) is 1.65. The highest BCUT2D eigenvalue weighted by Gasteiger charge is 2.28. The molecule has 0 radical (unpaired) electrons. The van der Waals surface area contributed by atoms with Gasteiger partial charge in [-0.3, -0.25) is 0 Å².